The van der Waals surface area contributed by atoms with Gasteiger partial charge in [0.1, 0.15) is 18.5 Å². The summed E-state index contributed by atoms with van der Waals surface area (Å²) in [4.78, 5) is 12.4. The second kappa shape index (κ2) is 12.4. The van der Waals surface area contributed by atoms with E-state index in [1.165, 1.54) is 57.7 Å². The van der Waals surface area contributed by atoms with Gasteiger partial charge in [-0.05, 0) is 53.6 Å². The lowest BCUT2D eigenvalue weighted by molar-refractivity contribution is -0.142. The maximum absolute atomic E-state index is 12.4. The van der Waals surface area contributed by atoms with Crippen LogP contribution in [0.25, 0.3) is 6.08 Å². The van der Waals surface area contributed by atoms with E-state index in [2.05, 4.69) is 0 Å². The summed E-state index contributed by atoms with van der Waals surface area (Å²) in [6.07, 6.45) is 0.383. The Hall–Kier alpha value is -4.37. The number of phenols is 2. The Morgan fingerprint density at radius 2 is 1.44 bits per heavy atom. The van der Waals surface area contributed by atoms with Crippen LogP contribution in [0.1, 0.15) is 17.2 Å². The molecule has 0 spiro atoms. The number of aliphatic hydroxyl groups is 1. The number of benzene rings is 3. The van der Waals surface area contributed by atoms with E-state index in [1.807, 2.05) is 0 Å². The molecule has 0 fully saturated rings. The largest absolute Gasteiger partial charge is 0.508 e. The van der Waals surface area contributed by atoms with Crippen molar-refractivity contribution in [3.63, 3.8) is 0 Å². The van der Waals surface area contributed by atoms with Crippen molar-refractivity contribution in [1.82, 2.24) is 0 Å². The molecule has 2 atom stereocenters. The molecule has 3 rings (SSSR count). The maximum Gasteiger partial charge on any atom is 0.330 e. The SMILES string of the molecule is COc1ccccc1O[C@H](COC(=O)/C=C/c1ccc(O)cc1)[C@@H](O)c1cc(OC)c(O)c(OC)c1. The Labute approximate surface area is 208 Å². The lowest BCUT2D eigenvalue weighted by atomic mass is 10.0. The van der Waals surface area contributed by atoms with Crippen LogP contribution in [0.15, 0.2) is 66.7 Å². The van der Waals surface area contributed by atoms with Gasteiger partial charge in [0.2, 0.25) is 5.75 Å². The van der Waals surface area contributed by atoms with E-state index in [4.69, 9.17) is 23.7 Å². The fraction of sp³-hybridized carbons (Fsp3) is 0.222. The highest BCUT2D eigenvalue weighted by molar-refractivity contribution is 5.87. The summed E-state index contributed by atoms with van der Waals surface area (Å²) in [6, 6.07) is 16.0. The molecule has 9 nitrogen and oxygen atoms in total. The molecule has 0 heterocycles. The molecule has 0 bridgehead atoms. The molecule has 0 aromatic heterocycles. The first-order valence-electron chi connectivity index (χ1n) is 10.9. The molecular formula is C27H28O9. The van der Waals surface area contributed by atoms with Gasteiger partial charge in [-0.25, -0.2) is 4.79 Å². The zero-order chi connectivity index (χ0) is 26.1. The van der Waals surface area contributed by atoms with Crippen molar-refractivity contribution in [3.8, 4) is 34.5 Å². The molecule has 0 unspecified atom stereocenters. The number of phenolic OH excluding ortho intramolecular Hbond substituents is 2. The number of ether oxygens (including phenoxy) is 5. The predicted octanol–water partition coefficient (Wildman–Crippen LogP) is 3.86. The number of carbonyl (C=O) groups excluding carboxylic acids is 1. The van der Waals surface area contributed by atoms with Crippen molar-refractivity contribution in [3.05, 3.63) is 77.9 Å². The Bertz CT molecular complexity index is 1160. The molecule has 0 radical (unpaired) electrons. The van der Waals surface area contributed by atoms with Crippen LogP contribution in [0.3, 0.4) is 0 Å². The van der Waals surface area contributed by atoms with Crippen LogP contribution < -0.4 is 18.9 Å². The van der Waals surface area contributed by atoms with Gasteiger partial charge in [-0.1, -0.05) is 24.3 Å². The fourth-order valence-electron chi connectivity index (χ4n) is 3.33. The van der Waals surface area contributed by atoms with E-state index in [1.54, 1.807) is 36.4 Å². The van der Waals surface area contributed by atoms with Crippen LogP contribution in [-0.4, -0.2) is 55.3 Å². The van der Waals surface area contributed by atoms with Gasteiger partial charge in [0.05, 0.1) is 21.3 Å². The number of aliphatic hydroxyl groups excluding tert-OH is 1. The van der Waals surface area contributed by atoms with E-state index in [9.17, 15) is 20.1 Å². The van der Waals surface area contributed by atoms with Gasteiger partial charge < -0.3 is 39.0 Å². The summed E-state index contributed by atoms with van der Waals surface area (Å²) in [5.41, 5.74) is 0.993. The highest BCUT2D eigenvalue weighted by Gasteiger charge is 2.28. The topological polar surface area (TPSA) is 124 Å². The van der Waals surface area contributed by atoms with Crippen LogP contribution in [0.2, 0.25) is 0 Å². The van der Waals surface area contributed by atoms with E-state index in [0.29, 0.717) is 22.6 Å². The quantitative estimate of drug-likeness (QED) is 0.268. The van der Waals surface area contributed by atoms with Gasteiger partial charge in [0.25, 0.3) is 0 Å². The van der Waals surface area contributed by atoms with Gasteiger partial charge in [0, 0.05) is 6.08 Å². The number of rotatable bonds is 11. The smallest absolute Gasteiger partial charge is 0.330 e. The molecule has 3 N–H and O–H groups in total. The molecule has 0 aliphatic rings. The Morgan fingerprint density at radius 1 is 0.861 bits per heavy atom. The van der Waals surface area contributed by atoms with Gasteiger partial charge in [0.15, 0.2) is 29.1 Å². The molecular weight excluding hydrogens is 468 g/mol. The molecule has 36 heavy (non-hydrogen) atoms. The van der Waals surface area contributed by atoms with E-state index in [0.717, 1.165) is 0 Å². The third-order valence-electron chi connectivity index (χ3n) is 5.24. The summed E-state index contributed by atoms with van der Waals surface area (Å²) in [7, 11) is 4.23. The first kappa shape index (κ1) is 26.2. The van der Waals surface area contributed by atoms with Gasteiger partial charge in [-0.3, -0.25) is 0 Å². The molecule has 0 aliphatic heterocycles. The minimum Gasteiger partial charge on any atom is -0.508 e. The maximum atomic E-state index is 12.4. The van der Waals surface area contributed by atoms with E-state index < -0.39 is 18.2 Å². The first-order chi connectivity index (χ1) is 17.4. The minimum atomic E-state index is -1.31. The monoisotopic (exact) mass is 496 g/mol. The van der Waals surface area contributed by atoms with Crippen molar-refractivity contribution in [2.75, 3.05) is 27.9 Å². The number of hydrogen-bond donors (Lipinski definition) is 3. The second-order valence-corrected chi connectivity index (χ2v) is 7.58. The Morgan fingerprint density at radius 3 is 2.03 bits per heavy atom. The zero-order valence-corrected chi connectivity index (χ0v) is 20.1. The van der Waals surface area contributed by atoms with Gasteiger partial charge in [-0.15, -0.1) is 0 Å². The summed E-state index contributed by atoms with van der Waals surface area (Å²) in [5, 5.41) is 30.8. The van der Waals surface area contributed by atoms with Crippen molar-refractivity contribution >= 4 is 12.0 Å². The average molecular weight is 497 g/mol. The van der Waals surface area contributed by atoms with Crippen molar-refractivity contribution in [1.29, 1.82) is 0 Å². The lowest BCUT2D eigenvalue weighted by Crippen LogP contribution is -2.31. The summed E-state index contributed by atoms with van der Waals surface area (Å²) >= 11 is 0. The van der Waals surface area contributed by atoms with Crippen LogP contribution in [-0.2, 0) is 9.53 Å². The standard InChI is InChI=1S/C27H28O9/c1-32-20-6-4-5-7-21(20)36-24(16-35-25(29)13-10-17-8-11-19(28)12-9-17)26(30)18-14-22(33-2)27(31)23(15-18)34-3/h4-15,24,26,28,30-31H,16H2,1-3H3/b13-10+/t24-,26+/m1/s1. The zero-order valence-electron chi connectivity index (χ0n) is 20.1. The Balaban J connectivity index is 1.84. The number of methoxy groups -OCH3 is 3. The van der Waals surface area contributed by atoms with Gasteiger partial charge in [-0.2, -0.15) is 0 Å². The van der Waals surface area contributed by atoms with Crippen molar-refractivity contribution < 1.29 is 43.8 Å². The Kier molecular flexibility index (Phi) is 9.01. The summed E-state index contributed by atoms with van der Waals surface area (Å²) in [6.45, 7) is -0.316. The predicted molar refractivity (Wildman–Crippen MR) is 132 cm³/mol. The van der Waals surface area contributed by atoms with Crippen LogP contribution >= 0.6 is 0 Å². The molecule has 190 valence electrons. The molecule has 0 saturated heterocycles. The normalized spacial score (nSPS) is 12.6. The second-order valence-electron chi connectivity index (χ2n) is 7.58. The van der Waals surface area contributed by atoms with E-state index >= 15 is 0 Å². The van der Waals surface area contributed by atoms with Crippen LogP contribution in [0, 0.1) is 0 Å². The minimum absolute atomic E-state index is 0.0910. The third kappa shape index (κ3) is 6.61. The third-order valence-corrected chi connectivity index (χ3v) is 5.24. The highest BCUT2D eigenvalue weighted by Crippen LogP contribution is 2.40. The molecule has 0 saturated carbocycles. The molecule has 3 aromatic carbocycles. The fourth-order valence-corrected chi connectivity index (χ4v) is 3.33. The highest BCUT2D eigenvalue weighted by atomic mass is 16.6. The first-order valence-corrected chi connectivity index (χ1v) is 10.9. The lowest BCUT2D eigenvalue weighted by Gasteiger charge is -2.25. The molecule has 0 amide bonds. The number of aromatic hydroxyl groups is 2. The van der Waals surface area contributed by atoms with Crippen LogP contribution in [0.5, 0.6) is 34.5 Å². The van der Waals surface area contributed by atoms with Crippen molar-refractivity contribution in [2.24, 2.45) is 0 Å². The van der Waals surface area contributed by atoms with Crippen LogP contribution in [0.4, 0.5) is 0 Å². The molecule has 9 heteroatoms. The number of carbonyl (C=O) groups is 1. The number of esters is 1. The van der Waals surface area contributed by atoms with Gasteiger partial charge >= 0.3 is 5.97 Å². The summed E-state index contributed by atoms with van der Waals surface area (Å²) in [5.74, 6) is 0.171. The number of para-hydroxylation sites is 2. The molecule has 0 aliphatic carbocycles. The summed E-state index contributed by atoms with van der Waals surface area (Å²) < 4.78 is 27.1. The molecule has 3 aromatic rings. The van der Waals surface area contributed by atoms with Crippen molar-refractivity contribution in [2.45, 2.75) is 12.2 Å². The van der Waals surface area contributed by atoms with E-state index in [-0.39, 0.29) is 29.6 Å². The average Bonchev–Trinajstić information content (AvgIpc) is 2.90. The number of hydrogen-bond acceptors (Lipinski definition) is 9.